The summed E-state index contributed by atoms with van der Waals surface area (Å²) < 4.78 is 10.4. The third-order valence-electron chi connectivity index (χ3n) is 4.66. The van der Waals surface area contributed by atoms with E-state index in [-0.39, 0.29) is 11.8 Å². The van der Waals surface area contributed by atoms with Crippen LogP contribution in [-0.2, 0) is 14.3 Å². The molecule has 0 atom stereocenters. The van der Waals surface area contributed by atoms with Crippen LogP contribution in [0.3, 0.4) is 0 Å². The first-order valence-corrected chi connectivity index (χ1v) is 8.97. The lowest BCUT2D eigenvalue weighted by Crippen LogP contribution is -2.49. The van der Waals surface area contributed by atoms with Gasteiger partial charge in [0.1, 0.15) is 5.75 Å². The maximum absolute atomic E-state index is 12.5. The Labute approximate surface area is 155 Å². The largest absolute Gasteiger partial charge is 0.495 e. The topological polar surface area (TPSA) is 62.3 Å². The fraction of sp³-hybridized carbons (Fsp3) is 0.579. The van der Waals surface area contributed by atoms with Crippen LogP contribution < -0.4 is 9.64 Å². The summed E-state index contributed by atoms with van der Waals surface area (Å²) in [5, 5.41) is 0. The second kappa shape index (κ2) is 10.0. The van der Waals surface area contributed by atoms with Crippen LogP contribution in [0.15, 0.2) is 24.3 Å². The summed E-state index contributed by atoms with van der Waals surface area (Å²) in [6.45, 7) is 5.84. The van der Waals surface area contributed by atoms with Crippen molar-refractivity contribution in [2.75, 3.05) is 65.0 Å². The number of carbonyl (C=O) groups excluding carboxylic acids is 2. The normalized spacial score (nSPS) is 14.3. The molecular weight excluding hydrogens is 334 g/mol. The zero-order valence-electron chi connectivity index (χ0n) is 15.9. The summed E-state index contributed by atoms with van der Waals surface area (Å²) in [6, 6.07) is 7.93. The van der Waals surface area contributed by atoms with Crippen LogP contribution in [0.2, 0.25) is 0 Å². The number of rotatable bonds is 8. The molecule has 1 aromatic carbocycles. The molecule has 7 heteroatoms. The summed E-state index contributed by atoms with van der Waals surface area (Å²) in [7, 11) is 3.27. The van der Waals surface area contributed by atoms with E-state index in [1.165, 1.54) is 6.92 Å². The Kier molecular flexibility index (Phi) is 7.72. The highest BCUT2D eigenvalue weighted by Crippen LogP contribution is 2.28. The van der Waals surface area contributed by atoms with Crippen LogP contribution in [0.5, 0.6) is 5.75 Å². The van der Waals surface area contributed by atoms with Gasteiger partial charge in [-0.1, -0.05) is 12.1 Å². The Morgan fingerprint density at radius 1 is 1.08 bits per heavy atom. The fourth-order valence-corrected chi connectivity index (χ4v) is 3.10. The number of piperazine rings is 1. The lowest BCUT2D eigenvalue weighted by molar-refractivity contribution is -0.134. The number of carbonyl (C=O) groups is 2. The van der Waals surface area contributed by atoms with Crippen molar-refractivity contribution in [2.45, 2.75) is 13.3 Å². The molecule has 0 spiro atoms. The zero-order valence-corrected chi connectivity index (χ0v) is 15.9. The quantitative estimate of drug-likeness (QED) is 0.695. The Hall–Kier alpha value is -2.28. The van der Waals surface area contributed by atoms with Crippen LogP contribution in [0.25, 0.3) is 0 Å². The standard InChI is InChI=1S/C19H29N3O4/c1-16(23)20(14-15-25-2)9-8-19(24)22-12-10-21(11-13-22)17-6-4-5-7-18(17)26-3/h4-7H,8-15H2,1-3H3. The summed E-state index contributed by atoms with van der Waals surface area (Å²) in [5.41, 5.74) is 1.06. The predicted molar refractivity (Wildman–Crippen MR) is 101 cm³/mol. The van der Waals surface area contributed by atoms with Gasteiger partial charge >= 0.3 is 0 Å². The highest BCUT2D eigenvalue weighted by atomic mass is 16.5. The molecule has 0 saturated carbocycles. The average molecular weight is 363 g/mol. The molecular formula is C19H29N3O4. The van der Waals surface area contributed by atoms with Gasteiger partial charge in [0, 0.05) is 59.7 Å². The van der Waals surface area contributed by atoms with E-state index in [2.05, 4.69) is 4.90 Å². The summed E-state index contributed by atoms with van der Waals surface area (Å²) in [4.78, 5) is 29.9. The number of hydrogen-bond donors (Lipinski definition) is 0. The number of ether oxygens (including phenoxy) is 2. The lowest BCUT2D eigenvalue weighted by atomic mass is 10.2. The molecule has 0 radical (unpaired) electrons. The number of hydrogen-bond acceptors (Lipinski definition) is 5. The predicted octanol–water partition coefficient (Wildman–Crippen LogP) is 1.23. The third-order valence-corrected chi connectivity index (χ3v) is 4.66. The number of nitrogens with zero attached hydrogens (tertiary/aromatic N) is 3. The van der Waals surface area contributed by atoms with Gasteiger partial charge in [-0.3, -0.25) is 9.59 Å². The van der Waals surface area contributed by atoms with E-state index in [9.17, 15) is 9.59 Å². The molecule has 0 bridgehead atoms. The molecule has 0 aromatic heterocycles. The van der Waals surface area contributed by atoms with Gasteiger partial charge in [0.25, 0.3) is 0 Å². The third kappa shape index (κ3) is 5.36. The number of anilines is 1. The van der Waals surface area contributed by atoms with Crippen LogP contribution in [-0.4, -0.2) is 81.7 Å². The first-order chi connectivity index (χ1) is 12.6. The van der Waals surface area contributed by atoms with Crippen LogP contribution in [0.4, 0.5) is 5.69 Å². The summed E-state index contributed by atoms with van der Waals surface area (Å²) >= 11 is 0. The van der Waals surface area contributed by atoms with Crippen molar-refractivity contribution in [3.8, 4) is 5.75 Å². The fourth-order valence-electron chi connectivity index (χ4n) is 3.10. The SMILES string of the molecule is COCCN(CCC(=O)N1CCN(c2ccccc2OC)CC1)C(C)=O. The van der Waals surface area contributed by atoms with Crippen LogP contribution >= 0.6 is 0 Å². The van der Waals surface area contributed by atoms with E-state index in [4.69, 9.17) is 9.47 Å². The second-order valence-corrected chi connectivity index (χ2v) is 6.29. The van der Waals surface area contributed by atoms with Gasteiger partial charge < -0.3 is 24.2 Å². The Morgan fingerprint density at radius 3 is 2.38 bits per heavy atom. The maximum Gasteiger partial charge on any atom is 0.224 e. The van der Waals surface area contributed by atoms with E-state index >= 15 is 0 Å². The van der Waals surface area contributed by atoms with Crippen molar-refractivity contribution in [1.82, 2.24) is 9.80 Å². The minimum absolute atomic E-state index is 0.0316. The highest BCUT2D eigenvalue weighted by Gasteiger charge is 2.23. The molecule has 1 aliphatic rings. The van der Waals surface area contributed by atoms with Crippen molar-refractivity contribution in [1.29, 1.82) is 0 Å². The van der Waals surface area contributed by atoms with Gasteiger partial charge in [-0.05, 0) is 12.1 Å². The molecule has 1 aliphatic heterocycles. The Bertz CT molecular complexity index is 600. The van der Waals surface area contributed by atoms with E-state index in [0.717, 1.165) is 24.5 Å². The van der Waals surface area contributed by atoms with Crippen molar-refractivity contribution in [3.05, 3.63) is 24.3 Å². The van der Waals surface area contributed by atoms with Crippen molar-refractivity contribution in [3.63, 3.8) is 0 Å². The minimum atomic E-state index is -0.0316. The van der Waals surface area contributed by atoms with E-state index in [1.54, 1.807) is 19.1 Å². The Balaban J connectivity index is 1.83. The molecule has 1 heterocycles. The van der Waals surface area contributed by atoms with Crippen molar-refractivity contribution in [2.24, 2.45) is 0 Å². The molecule has 1 saturated heterocycles. The summed E-state index contributed by atoms with van der Waals surface area (Å²) in [5.74, 6) is 0.909. The van der Waals surface area contributed by atoms with Gasteiger partial charge in [-0.15, -0.1) is 0 Å². The van der Waals surface area contributed by atoms with Crippen molar-refractivity contribution < 1.29 is 19.1 Å². The second-order valence-electron chi connectivity index (χ2n) is 6.29. The monoisotopic (exact) mass is 363 g/mol. The molecule has 7 nitrogen and oxygen atoms in total. The van der Waals surface area contributed by atoms with Gasteiger partial charge in [-0.2, -0.15) is 0 Å². The average Bonchev–Trinajstić information content (AvgIpc) is 2.67. The van der Waals surface area contributed by atoms with Gasteiger partial charge in [-0.25, -0.2) is 0 Å². The number of amides is 2. The minimum Gasteiger partial charge on any atom is -0.495 e. The molecule has 2 rings (SSSR count). The number of para-hydroxylation sites is 2. The first kappa shape index (κ1) is 20.0. The van der Waals surface area contributed by atoms with E-state index in [1.807, 2.05) is 29.2 Å². The van der Waals surface area contributed by atoms with Crippen LogP contribution in [0, 0.1) is 0 Å². The molecule has 144 valence electrons. The van der Waals surface area contributed by atoms with Gasteiger partial charge in [0.15, 0.2) is 0 Å². The van der Waals surface area contributed by atoms with Crippen molar-refractivity contribution >= 4 is 17.5 Å². The van der Waals surface area contributed by atoms with Gasteiger partial charge in [0.05, 0.1) is 19.4 Å². The van der Waals surface area contributed by atoms with Gasteiger partial charge in [0.2, 0.25) is 11.8 Å². The van der Waals surface area contributed by atoms with E-state index in [0.29, 0.717) is 39.2 Å². The number of methoxy groups -OCH3 is 2. The summed E-state index contributed by atoms with van der Waals surface area (Å²) in [6.07, 6.45) is 0.345. The Morgan fingerprint density at radius 2 is 1.77 bits per heavy atom. The first-order valence-electron chi connectivity index (χ1n) is 8.97. The maximum atomic E-state index is 12.5. The molecule has 0 aliphatic carbocycles. The molecule has 1 fully saturated rings. The highest BCUT2D eigenvalue weighted by molar-refractivity contribution is 5.78. The van der Waals surface area contributed by atoms with Crippen LogP contribution in [0.1, 0.15) is 13.3 Å². The molecule has 2 amide bonds. The molecule has 1 aromatic rings. The molecule has 0 unspecified atom stereocenters. The molecule has 0 N–H and O–H groups in total. The van der Waals surface area contributed by atoms with E-state index < -0.39 is 0 Å². The molecule has 26 heavy (non-hydrogen) atoms. The lowest BCUT2D eigenvalue weighted by Gasteiger charge is -2.37. The number of benzene rings is 1. The smallest absolute Gasteiger partial charge is 0.224 e. The zero-order chi connectivity index (χ0) is 18.9.